The van der Waals surface area contributed by atoms with Crippen LogP contribution in [0.4, 0.5) is 0 Å². The maximum atomic E-state index is 11.7. The van der Waals surface area contributed by atoms with Crippen LogP contribution in [0.2, 0.25) is 0 Å². The van der Waals surface area contributed by atoms with Gasteiger partial charge in [-0.1, -0.05) is 83.0 Å². The van der Waals surface area contributed by atoms with Gasteiger partial charge in [-0.15, -0.1) is 0 Å². The van der Waals surface area contributed by atoms with Gasteiger partial charge in [0.25, 0.3) is 0 Å². The summed E-state index contributed by atoms with van der Waals surface area (Å²) in [5.41, 5.74) is 2.79. The van der Waals surface area contributed by atoms with Gasteiger partial charge in [-0.2, -0.15) is 0 Å². The summed E-state index contributed by atoms with van der Waals surface area (Å²) in [5.74, 6) is 0.702. The van der Waals surface area contributed by atoms with E-state index < -0.39 is 0 Å². The molecule has 0 aliphatic heterocycles. The molecule has 0 aliphatic carbocycles. The molecule has 0 heterocycles. The Bertz CT molecular complexity index is 534. The minimum atomic E-state index is 0.00329. The first kappa shape index (κ1) is 26.3. The predicted octanol–water partition coefficient (Wildman–Crippen LogP) is 6.31. The molecule has 0 aromatic carbocycles. The number of carbonyl (C=O) groups excluding carboxylic acids is 1. The minimum absolute atomic E-state index is 0.00329. The monoisotopic (exact) mass is 357 g/mol. The number of hydrogen-bond donors (Lipinski definition) is 0. The summed E-state index contributed by atoms with van der Waals surface area (Å²) in [6, 6.07) is 0.00329. The van der Waals surface area contributed by atoms with E-state index in [1.54, 1.807) is 13.0 Å². The molecule has 0 amide bonds. The first-order chi connectivity index (χ1) is 12.2. The molecule has 0 saturated heterocycles. The predicted molar refractivity (Wildman–Crippen MR) is 118 cm³/mol. The fourth-order valence-corrected chi connectivity index (χ4v) is 2.37. The van der Waals surface area contributed by atoms with Crippen molar-refractivity contribution in [1.29, 1.82) is 0 Å². The van der Waals surface area contributed by atoms with Crippen molar-refractivity contribution in [3.8, 4) is 0 Å². The molecule has 0 bridgehead atoms. The largest absolute Gasteiger partial charge is 0.300 e. The van der Waals surface area contributed by atoms with Crippen molar-refractivity contribution in [2.45, 2.75) is 53.0 Å². The van der Waals surface area contributed by atoms with E-state index in [0.29, 0.717) is 5.92 Å². The molecular formula is C24H39NO. The number of Topliss-reactive ketones (excluding diaryl/α,β-unsaturated/α-hetero) is 1. The van der Waals surface area contributed by atoms with Gasteiger partial charge in [0.2, 0.25) is 0 Å². The Morgan fingerprint density at radius 3 is 2.04 bits per heavy atom. The van der Waals surface area contributed by atoms with Gasteiger partial charge in [-0.05, 0) is 57.3 Å². The third-order valence-corrected chi connectivity index (χ3v) is 4.04. The van der Waals surface area contributed by atoms with Gasteiger partial charge >= 0.3 is 0 Å². The summed E-state index contributed by atoms with van der Waals surface area (Å²) in [6.07, 6.45) is 12.2. The molecule has 146 valence electrons. The van der Waals surface area contributed by atoms with Crippen molar-refractivity contribution in [3.63, 3.8) is 0 Å². The molecule has 0 rings (SSSR count). The van der Waals surface area contributed by atoms with Crippen LogP contribution in [-0.2, 0) is 4.79 Å². The second kappa shape index (κ2) is 15.3. The summed E-state index contributed by atoms with van der Waals surface area (Å²) in [4.78, 5) is 13.7. The summed E-state index contributed by atoms with van der Waals surface area (Å²) in [5, 5.41) is 0. The van der Waals surface area contributed by atoms with Gasteiger partial charge < -0.3 is 0 Å². The van der Waals surface area contributed by atoms with E-state index in [0.717, 1.165) is 36.0 Å². The quantitative estimate of drug-likeness (QED) is 0.382. The SMILES string of the molecule is C=C/C=C\C(=C)C(=C)/C=C\C(=C)CC[C@@H](C)C[C@@H](C(C)=O)N(C)C.CC. The third-order valence-electron chi connectivity index (χ3n) is 4.04. The Balaban J connectivity index is 0. The van der Waals surface area contributed by atoms with Gasteiger partial charge in [-0.3, -0.25) is 9.69 Å². The van der Waals surface area contributed by atoms with Crippen molar-refractivity contribution in [3.05, 3.63) is 73.4 Å². The zero-order valence-corrected chi connectivity index (χ0v) is 17.8. The maximum absolute atomic E-state index is 11.7. The molecule has 2 heteroatoms. The molecule has 0 aromatic heterocycles. The van der Waals surface area contributed by atoms with Crippen LogP contribution in [0, 0.1) is 5.92 Å². The lowest BCUT2D eigenvalue weighted by Gasteiger charge is -2.24. The Morgan fingerprint density at radius 1 is 1.04 bits per heavy atom. The van der Waals surface area contributed by atoms with Gasteiger partial charge in [0.05, 0.1) is 6.04 Å². The van der Waals surface area contributed by atoms with E-state index in [9.17, 15) is 4.79 Å². The van der Waals surface area contributed by atoms with E-state index in [-0.39, 0.29) is 11.8 Å². The highest BCUT2D eigenvalue weighted by Crippen LogP contribution is 2.19. The Labute approximate surface area is 162 Å². The number of allylic oxidation sites excluding steroid dienone is 8. The highest BCUT2D eigenvalue weighted by molar-refractivity contribution is 5.81. The first-order valence-electron chi connectivity index (χ1n) is 9.39. The lowest BCUT2D eigenvalue weighted by Crippen LogP contribution is -2.35. The molecule has 0 aliphatic rings. The standard InChI is InChI=1S/C22H33NO.C2H6/c1-9-10-11-19(4)20(5)15-14-17(2)12-13-18(3)16-22(21(6)24)23(7)8;1-2/h9-11,14-15,18,22H,1-2,4-5,12-13,16H2,3,6-8H3;1-2H3/b11-10-,15-14-;/t18-,22+;/m1./s1. The number of hydrogen-bond acceptors (Lipinski definition) is 2. The summed E-state index contributed by atoms with van der Waals surface area (Å²) < 4.78 is 0. The van der Waals surface area contributed by atoms with E-state index in [2.05, 4.69) is 33.2 Å². The Morgan fingerprint density at radius 2 is 1.58 bits per heavy atom. The maximum Gasteiger partial charge on any atom is 0.146 e. The molecule has 0 unspecified atom stereocenters. The third kappa shape index (κ3) is 12.4. The minimum Gasteiger partial charge on any atom is -0.300 e. The second-order valence-electron chi connectivity index (χ2n) is 6.61. The lowest BCUT2D eigenvalue weighted by atomic mass is 9.93. The molecule has 26 heavy (non-hydrogen) atoms. The molecule has 0 spiro atoms. The first-order valence-corrected chi connectivity index (χ1v) is 9.39. The fourth-order valence-electron chi connectivity index (χ4n) is 2.37. The van der Waals surface area contributed by atoms with Crippen molar-refractivity contribution >= 4 is 5.78 Å². The topological polar surface area (TPSA) is 20.3 Å². The zero-order chi connectivity index (χ0) is 20.7. The number of rotatable bonds is 12. The summed E-state index contributed by atoms with van der Waals surface area (Å²) in [6.45, 7) is 23.5. The van der Waals surface area contributed by atoms with Crippen LogP contribution in [0.3, 0.4) is 0 Å². The fraction of sp³-hybridized carbons (Fsp3) is 0.458. The van der Waals surface area contributed by atoms with Crippen LogP contribution < -0.4 is 0 Å². The van der Waals surface area contributed by atoms with Crippen LogP contribution >= 0.6 is 0 Å². The molecule has 0 saturated carbocycles. The average Bonchev–Trinajstić information content (AvgIpc) is 2.61. The summed E-state index contributed by atoms with van der Waals surface area (Å²) in [7, 11) is 3.92. The molecule has 2 atom stereocenters. The van der Waals surface area contributed by atoms with E-state index >= 15 is 0 Å². The number of ketones is 1. The van der Waals surface area contributed by atoms with E-state index in [4.69, 9.17) is 0 Å². The highest BCUT2D eigenvalue weighted by atomic mass is 16.1. The molecular weight excluding hydrogens is 318 g/mol. The van der Waals surface area contributed by atoms with Gasteiger partial charge in [0.1, 0.15) is 5.78 Å². The number of likely N-dealkylation sites (N-methyl/N-ethyl adjacent to an activating group) is 1. The number of carbonyl (C=O) groups is 1. The molecule has 0 aromatic rings. The smallest absolute Gasteiger partial charge is 0.146 e. The normalized spacial score (nSPS) is 13.2. The van der Waals surface area contributed by atoms with Crippen LogP contribution in [0.5, 0.6) is 0 Å². The Kier molecular flexibility index (Phi) is 15.5. The molecule has 0 radical (unpaired) electrons. The second-order valence-corrected chi connectivity index (χ2v) is 6.61. The highest BCUT2D eigenvalue weighted by Gasteiger charge is 2.19. The Hall–Kier alpha value is -1.93. The lowest BCUT2D eigenvalue weighted by molar-refractivity contribution is -0.121. The molecule has 2 nitrogen and oxygen atoms in total. The van der Waals surface area contributed by atoms with Crippen molar-refractivity contribution in [2.75, 3.05) is 14.1 Å². The van der Waals surface area contributed by atoms with Crippen LogP contribution in [-0.4, -0.2) is 30.8 Å². The van der Waals surface area contributed by atoms with Gasteiger partial charge in [0, 0.05) is 0 Å². The van der Waals surface area contributed by atoms with Gasteiger partial charge in [-0.25, -0.2) is 0 Å². The van der Waals surface area contributed by atoms with Crippen LogP contribution in [0.25, 0.3) is 0 Å². The van der Waals surface area contributed by atoms with Crippen LogP contribution in [0.15, 0.2) is 73.4 Å². The molecule has 0 N–H and O–H groups in total. The zero-order valence-electron chi connectivity index (χ0n) is 17.8. The molecule has 0 fully saturated rings. The summed E-state index contributed by atoms with van der Waals surface area (Å²) >= 11 is 0. The van der Waals surface area contributed by atoms with Crippen molar-refractivity contribution < 1.29 is 4.79 Å². The van der Waals surface area contributed by atoms with Crippen molar-refractivity contribution in [1.82, 2.24) is 4.90 Å². The van der Waals surface area contributed by atoms with Gasteiger partial charge in [0.15, 0.2) is 0 Å². The van der Waals surface area contributed by atoms with E-state index in [1.165, 1.54) is 0 Å². The van der Waals surface area contributed by atoms with E-state index in [1.807, 2.05) is 57.1 Å². The van der Waals surface area contributed by atoms with Crippen LogP contribution in [0.1, 0.15) is 47.0 Å². The van der Waals surface area contributed by atoms with Crippen molar-refractivity contribution in [2.24, 2.45) is 5.92 Å². The number of nitrogens with zero attached hydrogens (tertiary/aromatic N) is 1. The average molecular weight is 358 g/mol.